The van der Waals surface area contributed by atoms with E-state index in [2.05, 4.69) is 33.8 Å². The molecule has 0 aromatic rings. The maximum Gasteiger partial charge on any atom is 0.187 e. The maximum absolute atomic E-state index is 11.6. The van der Waals surface area contributed by atoms with Crippen molar-refractivity contribution >= 4 is 0 Å². The van der Waals surface area contributed by atoms with Gasteiger partial charge in [0.25, 0.3) is 0 Å². The van der Waals surface area contributed by atoms with E-state index in [9.17, 15) is 46.0 Å². The van der Waals surface area contributed by atoms with Gasteiger partial charge in [-0.3, -0.25) is 0 Å². The van der Waals surface area contributed by atoms with Crippen molar-refractivity contribution in [3.63, 3.8) is 0 Å². The minimum atomic E-state index is -1.83. The van der Waals surface area contributed by atoms with E-state index < -0.39 is 105 Å². The number of hydrogen-bond donors (Lipinski definition) is 10. The summed E-state index contributed by atoms with van der Waals surface area (Å²) in [5.74, 6) is 4.31. The predicted octanol–water partition coefficient (Wildman–Crippen LogP) is -1.26. The Kier molecular flexibility index (Phi) is 12.7. The molecule has 1 unspecified atom stereocenters. The Hall–Kier alpha value is -0.900. The number of piperidine rings is 1. The van der Waals surface area contributed by atoms with E-state index in [4.69, 9.17) is 28.4 Å². The Balaban J connectivity index is 0.952. The largest absolute Gasteiger partial charge is 0.394 e. The minimum Gasteiger partial charge on any atom is -0.394 e. The van der Waals surface area contributed by atoms with Gasteiger partial charge in [0, 0.05) is 30.6 Å². The van der Waals surface area contributed by atoms with Gasteiger partial charge in [0.1, 0.15) is 67.1 Å². The number of aliphatic hydroxyl groups excluding tert-OH is 9. The highest BCUT2D eigenvalue weighted by Crippen LogP contribution is 2.68. The lowest BCUT2D eigenvalue weighted by molar-refractivity contribution is -0.946. The van der Waals surface area contributed by atoms with E-state index >= 15 is 0 Å². The Morgan fingerprint density at radius 3 is 2.05 bits per heavy atom. The van der Waals surface area contributed by atoms with Gasteiger partial charge < -0.3 is 79.3 Å². The normalized spacial score (nSPS) is 58.2. The number of quaternary nitrogens is 1. The summed E-state index contributed by atoms with van der Waals surface area (Å²) in [6.45, 7) is 11.6. The van der Waals surface area contributed by atoms with Crippen LogP contribution in [0.5, 0.6) is 0 Å². The molecular weight excluding hydrogens is 794 g/mol. The first-order valence-electron chi connectivity index (χ1n) is 23.5. The Morgan fingerprint density at radius 1 is 0.672 bits per heavy atom. The van der Waals surface area contributed by atoms with Gasteiger partial charge in [0.05, 0.1) is 44.1 Å². The van der Waals surface area contributed by atoms with Crippen LogP contribution >= 0.6 is 0 Å². The van der Waals surface area contributed by atoms with Crippen LogP contribution in [0.15, 0.2) is 11.6 Å². The molecule has 16 nitrogen and oxygen atoms in total. The highest BCUT2D eigenvalue weighted by molar-refractivity contribution is 5.26. The second-order valence-electron chi connectivity index (χ2n) is 21.4. The fourth-order valence-corrected chi connectivity index (χ4v) is 15.0. The number of allylic oxidation sites excluding steroid dienone is 1. The molecule has 5 saturated heterocycles. The van der Waals surface area contributed by atoms with E-state index in [0.717, 1.165) is 42.7 Å². The quantitative estimate of drug-likeness (QED) is 0.128. The van der Waals surface area contributed by atoms with Crippen molar-refractivity contribution in [2.45, 2.75) is 203 Å². The summed E-state index contributed by atoms with van der Waals surface area (Å²) in [5, 5.41) is 95.8. The zero-order valence-corrected chi connectivity index (χ0v) is 36.4. The molecule has 3 saturated carbocycles. The van der Waals surface area contributed by atoms with Gasteiger partial charge in [-0.15, -0.1) is 0 Å². The fraction of sp³-hybridized carbons (Fsp3) is 0.956. The molecule has 9 rings (SSSR count). The van der Waals surface area contributed by atoms with Crippen LogP contribution in [-0.2, 0) is 28.4 Å². The van der Waals surface area contributed by atoms with E-state index in [-0.39, 0.29) is 11.5 Å². The van der Waals surface area contributed by atoms with Crippen molar-refractivity contribution in [1.82, 2.24) is 0 Å². The van der Waals surface area contributed by atoms with E-state index in [1.807, 2.05) is 4.90 Å². The number of aliphatic hydroxyl groups is 9. The molecule has 27 atom stereocenters. The van der Waals surface area contributed by atoms with E-state index in [1.54, 1.807) is 0 Å². The molecule has 5 aliphatic heterocycles. The van der Waals surface area contributed by atoms with Crippen LogP contribution in [0.2, 0.25) is 0 Å². The molecule has 4 aliphatic carbocycles. The lowest BCUT2D eigenvalue weighted by Gasteiger charge is -2.58. The average molecular weight is 869 g/mol. The van der Waals surface area contributed by atoms with Crippen LogP contribution in [0.4, 0.5) is 0 Å². The zero-order valence-electron chi connectivity index (χ0n) is 36.4. The standard InChI is InChI=1S/C45H73NO15/c1-19-6-9-27-20(2)31-28(46(27)16-19)15-26-24-8-7-22-14-23(10-12-44(22,4)25(24)11-13-45(26,31)5)57-43-40(61-41-37(54)35(52)32(49)21(3)56-41)39(34(51)30(18-48)59-43)60-42-38(55)36(53)33(50)29(17-47)58-42/h7,19-21,23-43,47-55H,6,8-18H2,1-5H3/p+1/t19-,20+,21-,23-,24+,25-,26-,27-,28-,29+,30+,31-,32-,33+,34-,35+,36-,37+,38+,39-,40+,41-,42-,43+,44-,45-/m0/s1. The van der Waals surface area contributed by atoms with Crippen LogP contribution in [0.3, 0.4) is 0 Å². The van der Waals surface area contributed by atoms with Crippen LogP contribution in [-0.4, -0.2) is 176 Å². The molecule has 10 N–H and O–H groups in total. The molecule has 61 heavy (non-hydrogen) atoms. The van der Waals surface area contributed by atoms with Crippen molar-refractivity contribution in [2.75, 3.05) is 19.8 Å². The van der Waals surface area contributed by atoms with Gasteiger partial charge in [-0.1, -0.05) is 39.3 Å². The zero-order chi connectivity index (χ0) is 43.4. The van der Waals surface area contributed by atoms with Crippen LogP contribution in [0.25, 0.3) is 0 Å². The van der Waals surface area contributed by atoms with E-state index in [0.29, 0.717) is 36.0 Å². The molecular formula is C45H74NO15+. The highest BCUT2D eigenvalue weighted by Gasteiger charge is 2.69. The first-order chi connectivity index (χ1) is 29.0. The van der Waals surface area contributed by atoms with Gasteiger partial charge in [-0.25, -0.2) is 0 Å². The predicted molar refractivity (Wildman–Crippen MR) is 214 cm³/mol. The fourth-order valence-electron chi connectivity index (χ4n) is 15.0. The molecule has 0 bridgehead atoms. The van der Waals surface area contributed by atoms with Gasteiger partial charge in [-0.05, 0) is 80.5 Å². The summed E-state index contributed by atoms with van der Waals surface area (Å²) in [6.07, 6.45) is -10.9. The Morgan fingerprint density at radius 2 is 1.33 bits per heavy atom. The molecule has 0 radical (unpaired) electrons. The van der Waals surface area contributed by atoms with Gasteiger partial charge in [-0.2, -0.15) is 0 Å². The monoisotopic (exact) mass is 869 g/mol. The second kappa shape index (κ2) is 17.1. The third kappa shape index (κ3) is 7.42. The summed E-state index contributed by atoms with van der Waals surface area (Å²) < 4.78 is 36.8. The summed E-state index contributed by atoms with van der Waals surface area (Å²) in [6, 6.07) is 1.59. The average Bonchev–Trinajstić information content (AvgIpc) is 3.71. The smallest absolute Gasteiger partial charge is 0.187 e. The number of fused-ring (bicyclic) bond motifs is 9. The van der Waals surface area contributed by atoms with Gasteiger partial charge in [0.2, 0.25) is 0 Å². The first kappa shape index (κ1) is 45.3. The molecule has 9 aliphatic rings. The van der Waals surface area contributed by atoms with Crippen molar-refractivity contribution in [1.29, 1.82) is 0 Å². The number of nitrogens with one attached hydrogen (secondary N) is 1. The minimum absolute atomic E-state index is 0.0114. The van der Waals surface area contributed by atoms with Crippen molar-refractivity contribution in [3.8, 4) is 0 Å². The Labute approximate surface area is 359 Å². The number of rotatable bonds is 8. The van der Waals surface area contributed by atoms with Crippen LogP contribution in [0.1, 0.15) is 92.4 Å². The second-order valence-corrected chi connectivity index (χ2v) is 21.4. The van der Waals surface area contributed by atoms with Crippen molar-refractivity contribution in [2.24, 2.45) is 46.3 Å². The summed E-state index contributed by atoms with van der Waals surface area (Å²) in [7, 11) is 0. The third-order valence-electron chi connectivity index (χ3n) is 18.3. The number of hydrogen-bond acceptors (Lipinski definition) is 15. The molecule has 16 heteroatoms. The van der Waals surface area contributed by atoms with Gasteiger partial charge >= 0.3 is 0 Å². The molecule has 8 fully saturated rings. The SMILES string of the molecule is C[C@H]1CC[C@H]2[C@@H](C)[C@H]3[C@H](C[C@H]4[C@@H]5CC=C6C[C@@H](O[C@@H]7O[C@H](CO)[C@H](O)[C@H](O[C@@H]8O[C@H](CO)[C@@H](O)[C@H](O)[C@H]8O)[C@H]7O[C@@H]7O[C@@H](C)[C@H](O)[C@@H](O)[C@H]7O)CC[C@]6(C)[C@H]5CC[C@]34C)[NH+]2C1. The topological polar surface area (TPSA) is 242 Å². The lowest BCUT2D eigenvalue weighted by atomic mass is 9.47. The first-order valence-corrected chi connectivity index (χ1v) is 23.5. The molecule has 0 aromatic carbocycles. The highest BCUT2D eigenvalue weighted by atomic mass is 16.8. The molecule has 0 aromatic heterocycles. The molecule has 5 heterocycles. The molecule has 0 spiro atoms. The van der Waals surface area contributed by atoms with Gasteiger partial charge in [0.15, 0.2) is 18.9 Å². The van der Waals surface area contributed by atoms with E-state index in [1.165, 1.54) is 51.1 Å². The third-order valence-corrected chi connectivity index (χ3v) is 18.3. The van der Waals surface area contributed by atoms with Crippen LogP contribution < -0.4 is 4.90 Å². The Bertz CT molecular complexity index is 1590. The number of ether oxygens (including phenoxy) is 6. The summed E-state index contributed by atoms with van der Waals surface area (Å²) >= 11 is 0. The summed E-state index contributed by atoms with van der Waals surface area (Å²) in [4.78, 5) is 1.91. The maximum atomic E-state index is 11.6. The van der Waals surface area contributed by atoms with Crippen molar-refractivity contribution < 1.29 is 79.3 Å². The molecule has 0 amide bonds. The van der Waals surface area contributed by atoms with Crippen LogP contribution in [0, 0.1) is 46.3 Å². The van der Waals surface area contributed by atoms with Crippen molar-refractivity contribution in [3.05, 3.63) is 11.6 Å². The molecule has 348 valence electrons. The lowest BCUT2D eigenvalue weighted by Crippen LogP contribution is -3.18. The summed E-state index contributed by atoms with van der Waals surface area (Å²) in [5.41, 5.74) is 1.75.